The van der Waals surface area contributed by atoms with Gasteiger partial charge in [0.25, 0.3) is 5.91 Å². The Balaban J connectivity index is 1.60. The van der Waals surface area contributed by atoms with Crippen LogP contribution in [-0.4, -0.2) is 44.0 Å². The highest BCUT2D eigenvalue weighted by Gasteiger charge is 2.19. The Morgan fingerprint density at radius 1 is 1.33 bits per heavy atom. The molecule has 6 nitrogen and oxygen atoms in total. The van der Waals surface area contributed by atoms with Gasteiger partial charge in [0.1, 0.15) is 5.69 Å². The van der Waals surface area contributed by atoms with Crippen molar-refractivity contribution in [2.24, 2.45) is 0 Å². The summed E-state index contributed by atoms with van der Waals surface area (Å²) in [4.78, 5) is 20.2. The molecule has 1 N–H and O–H groups in total. The number of hydrogen-bond donors (Lipinski definition) is 1. The van der Waals surface area contributed by atoms with Gasteiger partial charge in [0, 0.05) is 36.9 Å². The van der Waals surface area contributed by atoms with Crippen LogP contribution in [0.3, 0.4) is 0 Å². The van der Waals surface area contributed by atoms with Crippen LogP contribution >= 0.6 is 11.3 Å². The highest BCUT2D eigenvalue weighted by atomic mass is 32.1. The predicted molar refractivity (Wildman–Crippen MR) is 107 cm³/mol. The second-order valence-electron chi connectivity index (χ2n) is 6.80. The van der Waals surface area contributed by atoms with E-state index in [9.17, 15) is 4.79 Å². The van der Waals surface area contributed by atoms with Gasteiger partial charge in [-0.3, -0.25) is 14.3 Å². The first-order valence-electron chi connectivity index (χ1n) is 8.80. The maximum atomic E-state index is 12.9. The molecule has 3 aromatic heterocycles. The second-order valence-corrected chi connectivity index (χ2v) is 7.64. The van der Waals surface area contributed by atoms with Gasteiger partial charge in [0.05, 0.1) is 11.9 Å². The Kier molecular flexibility index (Phi) is 4.53. The van der Waals surface area contributed by atoms with Crippen LogP contribution in [-0.2, 0) is 6.42 Å². The minimum absolute atomic E-state index is 0.00495. The Hall–Kier alpha value is -2.93. The molecule has 4 rings (SSSR count). The summed E-state index contributed by atoms with van der Waals surface area (Å²) in [5.74, 6) is -0.00495. The number of nitrogens with one attached hydrogen (secondary N) is 1. The maximum Gasteiger partial charge on any atom is 0.271 e. The molecule has 0 radical (unpaired) electrons. The zero-order valence-corrected chi connectivity index (χ0v) is 16.4. The highest BCUT2D eigenvalue weighted by Crippen LogP contribution is 2.27. The largest absolute Gasteiger partial charge is 0.340 e. The standard InChI is InChI=1S/C20H21N5OS/c1-13-4-5-14(2)16(8-13)17-11-25-18(12-27-20(25)23-17)19(26)24(3)7-6-15-9-21-22-10-15/h4-5,8-12H,6-7H2,1-3H3,(H,21,22). The van der Waals surface area contributed by atoms with Gasteiger partial charge in [-0.05, 0) is 37.5 Å². The van der Waals surface area contributed by atoms with Crippen molar-refractivity contribution >= 4 is 22.2 Å². The zero-order valence-electron chi connectivity index (χ0n) is 15.6. The number of carbonyl (C=O) groups is 1. The average molecular weight is 379 g/mol. The normalized spacial score (nSPS) is 11.2. The quantitative estimate of drug-likeness (QED) is 0.575. The van der Waals surface area contributed by atoms with Crippen LogP contribution < -0.4 is 0 Å². The molecule has 0 bridgehead atoms. The van der Waals surface area contributed by atoms with E-state index in [1.807, 2.05) is 29.2 Å². The second kappa shape index (κ2) is 7.00. The number of aryl methyl sites for hydroxylation is 2. The van der Waals surface area contributed by atoms with E-state index < -0.39 is 0 Å². The fourth-order valence-electron chi connectivity index (χ4n) is 3.09. The summed E-state index contributed by atoms with van der Waals surface area (Å²) in [7, 11) is 1.83. The summed E-state index contributed by atoms with van der Waals surface area (Å²) in [6.45, 7) is 4.79. The molecular formula is C20H21N5OS. The van der Waals surface area contributed by atoms with Gasteiger partial charge in [-0.25, -0.2) is 4.98 Å². The molecule has 0 saturated heterocycles. The molecule has 0 saturated carbocycles. The maximum absolute atomic E-state index is 12.9. The molecule has 7 heteroatoms. The number of likely N-dealkylation sites (N-methyl/N-ethyl adjacent to an activating group) is 1. The van der Waals surface area contributed by atoms with Crippen molar-refractivity contribution in [3.05, 3.63) is 64.6 Å². The third-order valence-corrected chi connectivity index (χ3v) is 5.57. The van der Waals surface area contributed by atoms with Crippen LogP contribution in [0.4, 0.5) is 0 Å². The molecule has 0 fully saturated rings. The lowest BCUT2D eigenvalue weighted by Crippen LogP contribution is -2.29. The number of hydrogen-bond acceptors (Lipinski definition) is 4. The number of fused-ring (bicyclic) bond motifs is 1. The van der Waals surface area contributed by atoms with Gasteiger partial charge in [-0.2, -0.15) is 5.10 Å². The summed E-state index contributed by atoms with van der Waals surface area (Å²) < 4.78 is 1.90. The fourth-order valence-corrected chi connectivity index (χ4v) is 3.93. The third kappa shape index (κ3) is 3.38. The van der Waals surface area contributed by atoms with E-state index in [1.165, 1.54) is 22.5 Å². The van der Waals surface area contributed by atoms with E-state index >= 15 is 0 Å². The number of thiazole rings is 1. The number of imidazole rings is 1. The number of benzene rings is 1. The summed E-state index contributed by atoms with van der Waals surface area (Å²) >= 11 is 1.49. The summed E-state index contributed by atoms with van der Waals surface area (Å²) in [6, 6.07) is 6.34. The van der Waals surface area contributed by atoms with Crippen LogP contribution in [0.2, 0.25) is 0 Å². The molecule has 1 aromatic carbocycles. The lowest BCUT2D eigenvalue weighted by molar-refractivity contribution is 0.0790. The first-order valence-corrected chi connectivity index (χ1v) is 9.68. The third-order valence-electron chi connectivity index (χ3n) is 4.73. The van der Waals surface area contributed by atoms with E-state index in [1.54, 1.807) is 11.1 Å². The number of aromatic nitrogens is 4. The average Bonchev–Trinajstić information content (AvgIpc) is 3.37. The van der Waals surface area contributed by atoms with E-state index in [-0.39, 0.29) is 5.91 Å². The molecule has 1 amide bonds. The number of aromatic amines is 1. The van der Waals surface area contributed by atoms with Crippen molar-refractivity contribution in [3.63, 3.8) is 0 Å². The monoisotopic (exact) mass is 379 g/mol. The Bertz CT molecular complexity index is 1090. The van der Waals surface area contributed by atoms with E-state index in [0.717, 1.165) is 28.2 Å². The van der Waals surface area contributed by atoms with Crippen molar-refractivity contribution in [3.8, 4) is 11.3 Å². The molecule has 0 unspecified atom stereocenters. The van der Waals surface area contributed by atoms with Gasteiger partial charge in [-0.1, -0.05) is 17.7 Å². The van der Waals surface area contributed by atoms with Gasteiger partial charge in [-0.15, -0.1) is 11.3 Å². The molecule has 0 atom stereocenters. The smallest absolute Gasteiger partial charge is 0.271 e. The van der Waals surface area contributed by atoms with Crippen molar-refractivity contribution < 1.29 is 4.79 Å². The molecule has 0 aliphatic carbocycles. The summed E-state index contributed by atoms with van der Waals surface area (Å²) in [5, 5.41) is 8.62. The zero-order chi connectivity index (χ0) is 19.0. The summed E-state index contributed by atoms with van der Waals surface area (Å²) in [5.41, 5.74) is 6.12. The Morgan fingerprint density at radius 3 is 2.96 bits per heavy atom. The molecule has 0 spiro atoms. The predicted octanol–water partition coefficient (Wildman–Crippen LogP) is 3.72. The number of nitrogens with zero attached hydrogens (tertiary/aromatic N) is 4. The van der Waals surface area contributed by atoms with Crippen molar-refractivity contribution in [2.45, 2.75) is 20.3 Å². The van der Waals surface area contributed by atoms with Gasteiger partial charge in [0.2, 0.25) is 0 Å². The van der Waals surface area contributed by atoms with Crippen LogP contribution in [0.1, 0.15) is 27.2 Å². The summed E-state index contributed by atoms with van der Waals surface area (Å²) in [6.07, 6.45) is 6.37. The molecule has 0 aliphatic rings. The SMILES string of the molecule is Cc1ccc(C)c(-c2cn3c(C(=O)N(C)CCc4cn[nH]c4)csc3n2)c1. The Labute approximate surface area is 161 Å². The number of rotatable bonds is 5. The fraction of sp³-hybridized carbons (Fsp3) is 0.250. The molecule has 4 aromatic rings. The number of carbonyl (C=O) groups excluding carboxylic acids is 1. The molecule has 27 heavy (non-hydrogen) atoms. The van der Waals surface area contributed by atoms with E-state index in [2.05, 4.69) is 42.2 Å². The Morgan fingerprint density at radius 2 is 2.19 bits per heavy atom. The lowest BCUT2D eigenvalue weighted by Gasteiger charge is -2.16. The number of amides is 1. The van der Waals surface area contributed by atoms with E-state index in [4.69, 9.17) is 4.98 Å². The molecule has 3 heterocycles. The van der Waals surface area contributed by atoms with Crippen molar-refractivity contribution in [1.82, 2.24) is 24.5 Å². The van der Waals surface area contributed by atoms with Gasteiger partial charge in [0.15, 0.2) is 4.96 Å². The van der Waals surface area contributed by atoms with Crippen molar-refractivity contribution in [2.75, 3.05) is 13.6 Å². The minimum Gasteiger partial charge on any atom is -0.340 e. The molecule has 138 valence electrons. The van der Waals surface area contributed by atoms with Crippen LogP contribution in [0.25, 0.3) is 16.2 Å². The van der Waals surface area contributed by atoms with Crippen LogP contribution in [0.15, 0.2) is 42.2 Å². The molecular weight excluding hydrogens is 358 g/mol. The van der Waals surface area contributed by atoms with Crippen LogP contribution in [0, 0.1) is 13.8 Å². The lowest BCUT2D eigenvalue weighted by atomic mass is 10.0. The van der Waals surface area contributed by atoms with E-state index in [0.29, 0.717) is 12.2 Å². The minimum atomic E-state index is -0.00495. The topological polar surface area (TPSA) is 66.3 Å². The van der Waals surface area contributed by atoms with Gasteiger partial charge >= 0.3 is 0 Å². The first kappa shape index (κ1) is 17.5. The molecule has 0 aliphatic heterocycles. The highest BCUT2D eigenvalue weighted by molar-refractivity contribution is 7.15. The van der Waals surface area contributed by atoms with Crippen LogP contribution in [0.5, 0.6) is 0 Å². The number of H-pyrrole nitrogens is 1. The first-order chi connectivity index (χ1) is 13.0. The van der Waals surface area contributed by atoms with Crippen molar-refractivity contribution in [1.29, 1.82) is 0 Å². The van der Waals surface area contributed by atoms with Gasteiger partial charge < -0.3 is 4.90 Å².